The average molecular weight is 409 g/mol. The molecule has 0 saturated heterocycles. The van der Waals surface area contributed by atoms with Crippen LogP contribution in [0.5, 0.6) is 0 Å². The number of methoxy groups -OCH3 is 2. The Morgan fingerprint density at radius 1 is 0.889 bits per heavy atom. The summed E-state index contributed by atoms with van der Waals surface area (Å²) in [6.07, 6.45) is 0.736. The Morgan fingerprint density at radius 3 is 1.81 bits per heavy atom. The molecule has 0 aliphatic rings. The van der Waals surface area contributed by atoms with Gasteiger partial charge in [0.25, 0.3) is 5.12 Å². The molecule has 0 saturated carbocycles. The van der Waals surface area contributed by atoms with E-state index in [-0.39, 0.29) is 18.8 Å². The molecule has 0 spiro atoms. The van der Waals surface area contributed by atoms with Gasteiger partial charge in [-0.05, 0) is 32.1 Å². The minimum absolute atomic E-state index is 0.204. The first-order valence-corrected chi connectivity index (χ1v) is 10.1. The van der Waals surface area contributed by atoms with Crippen LogP contribution < -0.4 is 0 Å². The maximum absolute atomic E-state index is 12.4. The van der Waals surface area contributed by atoms with Gasteiger partial charge in [-0.25, -0.2) is 0 Å². The first-order chi connectivity index (χ1) is 12.2. The largest absolute Gasteiger partial charge is 0.469 e. The Morgan fingerprint density at radius 2 is 1.41 bits per heavy atom. The summed E-state index contributed by atoms with van der Waals surface area (Å²) in [7, 11) is -0.802. The summed E-state index contributed by atoms with van der Waals surface area (Å²) >= 11 is 0. The van der Waals surface area contributed by atoms with Crippen molar-refractivity contribution in [3.05, 3.63) is 0 Å². The van der Waals surface area contributed by atoms with Gasteiger partial charge in [-0.15, -0.1) is 0 Å². The molecule has 0 aliphatic heterocycles. The molecule has 0 aliphatic carbocycles. The predicted molar refractivity (Wildman–Crippen MR) is 99.0 cm³/mol. The van der Waals surface area contributed by atoms with Crippen LogP contribution in [-0.2, 0) is 38.2 Å². The Kier molecular flexibility index (Phi) is 9.11. The molecule has 3 unspecified atom stereocenters. The van der Waals surface area contributed by atoms with Crippen molar-refractivity contribution in [3.63, 3.8) is 0 Å². The second-order valence-corrected chi connectivity index (χ2v) is 9.60. The molecule has 0 N–H and O–H groups in total. The van der Waals surface area contributed by atoms with Crippen molar-refractivity contribution in [1.29, 1.82) is 0 Å². The summed E-state index contributed by atoms with van der Waals surface area (Å²) < 4.78 is 37.4. The van der Waals surface area contributed by atoms with Gasteiger partial charge in [0.1, 0.15) is 0 Å². The van der Waals surface area contributed by atoms with E-state index in [0.717, 1.165) is 7.11 Å². The zero-order valence-corrected chi connectivity index (χ0v) is 18.3. The van der Waals surface area contributed by atoms with Gasteiger partial charge < -0.3 is 9.47 Å². The van der Waals surface area contributed by atoms with Crippen LogP contribution in [0, 0.1) is 22.7 Å². The molecule has 3 atom stereocenters. The van der Waals surface area contributed by atoms with Crippen molar-refractivity contribution < 1.29 is 36.5 Å². The fraction of sp³-hybridized carbons (Fsp3) is 0.833. The van der Waals surface area contributed by atoms with Crippen LogP contribution in [0.15, 0.2) is 0 Å². The number of hydrogen-bond donors (Lipinski definition) is 0. The maximum Gasteiger partial charge on any atom is 0.331 e. The monoisotopic (exact) mass is 408 g/mol. The van der Waals surface area contributed by atoms with Crippen LogP contribution in [0.25, 0.3) is 0 Å². The van der Waals surface area contributed by atoms with E-state index in [1.54, 1.807) is 13.8 Å². The van der Waals surface area contributed by atoms with Crippen LogP contribution in [0.4, 0.5) is 0 Å². The first-order valence-electron chi connectivity index (χ1n) is 8.68. The van der Waals surface area contributed by atoms with Crippen LogP contribution in [0.2, 0.25) is 0 Å². The normalized spacial score (nSPS) is 16.7. The lowest BCUT2D eigenvalue weighted by Gasteiger charge is -2.33. The lowest BCUT2D eigenvalue weighted by atomic mass is 9.72. The van der Waals surface area contributed by atoms with Crippen LogP contribution in [0.1, 0.15) is 53.9 Å². The Bertz CT molecular complexity index is 652. The first kappa shape index (κ1) is 25.5. The molecule has 0 fully saturated rings. The van der Waals surface area contributed by atoms with Gasteiger partial charge in [-0.2, -0.15) is 8.42 Å². The Hall–Kier alpha value is -1.48. The number of carbonyl (C=O) groups is 3. The molecule has 27 heavy (non-hydrogen) atoms. The quantitative estimate of drug-likeness (QED) is 0.400. The van der Waals surface area contributed by atoms with Gasteiger partial charge >= 0.3 is 22.1 Å². The van der Waals surface area contributed by atoms with E-state index in [4.69, 9.17) is 9.47 Å². The van der Waals surface area contributed by atoms with Crippen molar-refractivity contribution >= 4 is 27.2 Å². The smallest absolute Gasteiger partial charge is 0.331 e. The van der Waals surface area contributed by atoms with Crippen molar-refractivity contribution in [2.75, 3.05) is 21.3 Å². The molecule has 0 bridgehead atoms. The third kappa shape index (κ3) is 6.88. The molecule has 0 amide bonds. The highest BCUT2D eigenvalue weighted by Gasteiger charge is 2.43. The highest BCUT2D eigenvalue weighted by atomic mass is 32.2. The van der Waals surface area contributed by atoms with E-state index in [1.807, 2.05) is 6.92 Å². The molecule has 0 radical (unpaired) electrons. The molecule has 158 valence electrons. The van der Waals surface area contributed by atoms with Crippen LogP contribution in [0.3, 0.4) is 0 Å². The molecule has 0 aromatic heterocycles. The molecule has 0 rings (SSSR count). The highest BCUT2D eigenvalue weighted by molar-refractivity contribution is 8.02. The zero-order valence-electron chi connectivity index (χ0n) is 17.5. The summed E-state index contributed by atoms with van der Waals surface area (Å²) in [6.45, 7) is 8.22. The van der Waals surface area contributed by atoms with E-state index in [0.29, 0.717) is 6.42 Å². The molecule has 8 nitrogen and oxygen atoms in total. The van der Waals surface area contributed by atoms with Crippen molar-refractivity contribution in [1.82, 2.24) is 0 Å². The van der Waals surface area contributed by atoms with Gasteiger partial charge in [-0.1, -0.05) is 27.7 Å². The Balaban J connectivity index is 5.42. The topological polar surface area (TPSA) is 113 Å². The van der Waals surface area contributed by atoms with E-state index in [2.05, 4.69) is 4.18 Å². The van der Waals surface area contributed by atoms with E-state index < -0.39 is 43.9 Å². The molecular formula is C18H32O8S. The summed E-state index contributed by atoms with van der Waals surface area (Å²) in [5, 5.41) is -1.01. The maximum atomic E-state index is 12.4. The minimum atomic E-state index is -4.29. The SMILES string of the molecule is COC(=O)C(C)CC(C)(CC(C)CC(C)(C)C(=O)S(=O)(=O)OC)C(=O)OC. The highest BCUT2D eigenvalue weighted by Crippen LogP contribution is 2.39. The second kappa shape index (κ2) is 9.64. The van der Waals surface area contributed by atoms with Crippen LogP contribution in [-0.4, -0.2) is 46.8 Å². The summed E-state index contributed by atoms with van der Waals surface area (Å²) in [4.78, 5) is 36.4. The zero-order chi connectivity index (χ0) is 21.6. The number of hydrogen-bond acceptors (Lipinski definition) is 8. The predicted octanol–water partition coefficient (Wildman–Crippen LogP) is 2.31. The summed E-state index contributed by atoms with van der Waals surface area (Å²) in [6, 6.07) is 0. The van der Waals surface area contributed by atoms with Gasteiger partial charge in [0.2, 0.25) is 0 Å². The van der Waals surface area contributed by atoms with Gasteiger partial charge in [0.15, 0.2) is 0 Å². The van der Waals surface area contributed by atoms with Crippen molar-refractivity contribution in [2.45, 2.75) is 53.9 Å². The lowest BCUT2D eigenvalue weighted by molar-refractivity contribution is -0.156. The number of ether oxygens (including phenoxy) is 2. The third-order valence-electron chi connectivity index (χ3n) is 4.70. The molecule has 0 heterocycles. The van der Waals surface area contributed by atoms with E-state index in [9.17, 15) is 22.8 Å². The molecule has 0 aromatic rings. The average Bonchev–Trinajstić information content (AvgIpc) is 2.58. The van der Waals surface area contributed by atoms with E-state index >= 15 is 0 Å². The molecular weight excluding hydrogens is 376 g/mol. The summed E-state index contributed by atoms with van der Waals surface area (Å²) in [5.74, 6) is -1.63. The summed E-state index contributed by atoms with van der Waals surface area (Å²) in [5.41, 5.74) is -2.18. The van der Waals surface area contributed by atoms with Gasteiger partial charge in [0, 0.05) is 5.41 Å². The second-order valence-electron chi connectivity index (χ2n) is 7.99. The lowest BCUT2D eigenvalue weighted by Crippen LogP contribution is -2.37. The Labute approximate surface area is 162 Å². The fourth-order valence-corrected chi connectivity index (χ4v) is 4.58. The van der Waals surface area contributed by atoms with Crippen LogP contribution >= 0.6 is 0 Å². The number of carbonyl (C=O) groups excluding carboxylic acids is 3. The van der Waals surface area contributed by atoms with Crippen molar-refractivity contribution in [2.24, 2.45) is 22.7 Å². The number of rotatable bonds is 10. The third-order valence-corrected chi connectivity index (χ3v) is 6.14. The van der Waals surface area contributed by atoms with Gasteiger partial charge in [-0.3, -0.25) is 18.6 Å². The minimum Gasteiger partial charge on any atom is -0.469 e. The standard InChI is InChI=1S/C18H32O8S/c1-12(9-17(3,4)16(21)27(22,23)26-8)10-18(5,15(20)25-7)11-13(2)14(19)24-6/h12-13H,9-11H2,1-8H3. The van der Waals surface area contributed by atoms with Crippen molar-refractivity contribution in [3.8, 4) is 0 Å². The fourth-order valence-electron chi connectivity index (χ4n) is 3.67. The molecule has 9 heteroatoms. The molecule has 0 aromatic carbocycles. The number of esters is 2. The van der Waals surface area contributed by atoms with E-state index in [1.165, 1.54) is 28.1 Å². The van der Waals surface area contributed by atoms with Gasteiger partial charge in [0.05, 0.1) is 32.7 Å².